The summed E-state index contributed by atoms with van der Waals surface area (Å²) >= 11 is 11.3. The molecule has 1 aromatic carbocycles. The van der Waals surface area contributed by atoms with Crippen molar-refractivity contribution in [2.75, 3.05) is 36.8 Å². The molecule has 0 saturated carbocycles. The second-order valence-corrected chi connectivity index (χ2v) is 9.41. The van der Waals surface area contributed by atoms with Crippen LogP contribution in [0.3, 0.4) is 0 Å². The lowest BCUT2D eigenvalue weighted by Gasteiger charge is -2.17. The summed E-state index contributed by atoms with van der Waals surface area (Å²) < 4.78 is 5.82. The number of halogens is 1. The Morgan fingerprint density at radius 2 is 1.72 bits per heavy atom. The number of nitrogens with zero attached hydrogens (tertiary/aromatic N) is 2. The second-order valence-electron chi connectivity index (χ2n) is 8.60. The van der Waals surface area contributed by atoms with Crippen LogP contribution in [0.15, 0.2) is 60.8 Å². The molecule has 0 atom stereocenters. The maximum atomic E-state index is 12.1. The number of urea groups is 1. The number of hydrogen-bond acceptors (Lipinski definition) is 6. The topological polar surface area (TPSA) is 108 Å². The fraction of sp³-hybridized carbons (Fsp3) is 0.286. The number of benzene rings is 2. The van der Waals surface area contributed by atoms with Crippen molar-refractivity contribution in [3.63, 3.8) is 0 Å². The highest BCUT2D eigenvalue weighted by molar-refractivity contribution is 7.80. The Morgan fingerprint density at radius 3 is 2.31 bits per heavy atom. The number of carbonyl (C=O) groups is 2. The average molecular weight is 569 g/mol. The van der Waals surface area contributed by atoms with Gasteiger partial charge in [-0.25, -0.2) is 9.78 Å². The van der Waals surface area contributed by atoms with Crippen LogP contribution >= 0.6 is 23.8 Å². The van der Waals surface area contributed by atoms with Gasteiger partial charge in [0.2, 0.25) is 5.91 Å². The van der Waals surface area contributed by atoms with Crippen LogP contribution in [0.2, 0.25) is 5.02 Å². The summed E-state index contributed by atoms with van der Waals surface area (Å²) in [6.07, 6.45) is 2.40. The van der Waals surface area contributed by atoms with E-state index in [2.05, 4.69) is 69.3 Å². The van der Waals surface area contributed by atoms with Gasteiger partial charge in [0.05, 0.1) is 10.7 Å². The van der Waals surface area contributed by atoms with Gasteiger partial charge in [-0.15, -0.1) is 0 Å². The third-order valence-corrected chi connectivity index (χ3v) is 6.15. The number of pyridine rings is 1. The van der Waals surface area contributed by atoms with Gasteiger partial charge in [0, 0.05) is 31.8 Å². The molecule has 0 saturated heterocycles. The number of nitrogens with one attached hydrogen (secondary N) is 4. The molecule has 206 valence electrons. The average Bonchev–Trinajstić information content (AvgIpc) is 3.49. The van der Waals surface area contributed by atoms with Crippen molar-refractivity contribution in [3.8, 4) is 22.6 Å². The van der Waals surface area contributed by atoms with Gasteiger partial charge in [0.1, 0.15) is 17.3 Å². The fourth-order valence-electron chi connectivity index (χ4n) is 3.53. The molecular weight excluding hydrogens is 536 g/mol. The van der Waals surface area contributed by atoms with Gasteiger partial charge in [-0.3, -0.25) is 10.1 Å². The fourth-order valence-corrected chi connectivity index (χ4v) is 4.01. The van der Waals surface area contributed by atoms with Gasteiger partial charge in [0.25, 0.3) is 0 Å². The summed E-state index contributed by atoms with van der Waals surface area (Å²) in [4.78, 5) is 29.6. The number of ether oxygens (including phenoxy) is 1. The molecule has 3 amide bonds. The van der Waals surface area contributed by atoms with Crippen molar-refractivity contribution >= 4 is 52.4 Å². The van der Waals surface area contributed by atoms with Crippen LogP contribution in [0.25, 0.3) is 11.1 Å². The molecule has 4 rings (SSSR count). The molecule has 9 nitrogen and oxygen atoms in total. The van der Waals surface area contributed by atoms with Crippen LogP contribution in [0, 0.1) is 0 Å². The molecule has 2 aliphatic rings. The van der Waals surface area contributed by atoms with E-state index in [0.717, 1.165) is 26.1 Å². The first-order valence-electron chi connectivity index (χ1n) is 12.7. The lowest BCUT2D eigenvalue weighted by molar-refractivity contribution is -0.117. The third-order valence-electron chi connectivity index (χ3n) is 5.63. The Kier molecular flexibility index (Phi) is 11.5. The van der Waals surface area contributed by atoms with Gasteiger partial charge in [-0.1, -0.05) is 43.6 Å². The Hall–Kier alpha value is -3.73. The van der Waals surface area contributed by atoms with Crippen LogP contribution in [-0.4, -0.2) is 53.1 Å². The van der Waals surface area contributed by atoms with E-state index in [-0.39, 0.29) is 17.1 Å². The monoisotopic (exact) mass is 568 g/mol. The molecule has 0 unspecified atom stereocenters. The van der Waals surface area contributed by atoms with Crippen LogP contribution in [0.1, 0.15) is 27.2 Å². The Bertz CT molecular complexity index is 1280. The quantitative estimate of drug-likeness (QED) is 0.140. The minimum absolute atomic E-state index is 0.147. The molecule has 39 heavy (non-hydrogen) atoms. The molecule has 0 radical (unpaired) electrons. The summed E-state index contributed by atoms with van der Waals surface area (Å²) in [5.74, 6) is 1.04. The molecule has 0 aliphatic heterocycles. The van der Waals surface area contributed by atoms with Gasteiger partial charge >= 0.3 is 6.03 Å². The molecule has 2 aliphatic carbocycles. The number of hydrogen-bond donors (Lipinski definition) is 4. The zero-order valence-electron chi connectivity index (χ0n) is 22.2. The van der Waals surface area contributed by atoms with Gasteiger partial charge in [0.15, 0.2) is 5.11 Å². The van der Waals surface area contributed by atoms with E-state index in [4.69, 9.17) is 28.6 Å². The SMILES string of the molecule is CCN(CC)CCCNC(=O)Nc1cc(Oc2ccc(NC(=S)NC(C)=O)c(Cl)c2)ccn1.c1cc2cc-2c1. The van der Waals surface area contributed by atoms with Crippen LogP contribution in [0.5, 0.6) is 11.5 Å². The zero-order chi connectivity index (χ0) is 28.2. The van der Waals surface area contributed by atoms with Crippen molar-refractivity contribution in [2.24, 2.45) is 0 Å². The molecule has 0 spiro atoms. The molecule has 1 heterocycles. The van der Waals surface area contributed by atoms with Crippen molar-refractivity contribution in [1.82, 2.24) is 20.5 Å². The molecule has 1 aromatic heterocycles. The van der Waals surface area contributed by atoms with E-state index >= 15 is 0 Å². The largest absolute Gasteiger partial charge is 0.457 e. The van der Waals surface area contributed by atoms with Gasteiger partial charge in [-0.2, -0.15) is 0 Å². The number of rotatable bonds is 10. The van der Waals surface area contributed by atoms with Crippen LogP contribution < -0.4 is 26.0 Å². The smallest absolute Gasteiger partial charge is 0.320 e. The Balaban J connectivity index is 0.000000603. The molecule has 2 aromatic rings. The van der Waals surface area contributed by atoms with E-state index in [1.165, 1.54) is 24.2 Å². The number of fused-ring (bicyclic) bond motifs is 1. The minimum atomic E-state index is -0.326. The first-order chi connectivity index (χ1) is 18.8. The predicted molar refractivity (Wildman–Crippen MR) is 161 cm³/mol. The summed E-state index contributed by atoms with van der Waals surface area (Å²) in [6.45, 7) is 9.10. The number of anilines is 2. The van der Waals surface area contributed by atoms with E-state index in [1.807, 2.05) is 0 Å². The second kappa shape index (κ2) is 15.0. The van der Waals surface area contributed by atoms with Gasteiger partial charge in [-0.05, 0) is 73.7 Å². The number of amides is 3. The first-order valence-corrected chi connectivity index (χ1v) is 13.5. The minimum Gasteiger partial charge on any atom is -0.457 e. The normalized spacial score (nSPS) is 10.6. The first kappa shape index (κ1) is 29.8. The molecule has 0 fully saturated rings. The van der Waals surface area contributed by atoms with Crippen LogP contribution in [0.4, 0.5) is 16.3 Å². The van der Waals surface area contributed by atoms with E-state index in [9.17, 15) is 9.59 Å². The van der Waals surface area contributed by atoms with Crippen molar-refractivity contribution in [3.05, 3.63) is 65.8 Å². The third kappa shape index (κ3) is 10.5. The summed E-state index contributed by atoms with van der Waals surface area (Å²) in [7, 11) is 0. The van der Waals surface area contributed by atoms with E-state index in [1.54, 1.807) is 30.3 Å². The van der Waals surface area contributed by atoms with Crippen molar-refractivity contribution < 1.29 is 14.3 Å². The lowest BCUT2D eigenvalue weighted by Crippen LogP contribution is -2.32. The van der Waals surface area contributed by atoms with E-state index in [0.29, 0.717) is 34.6 Å². The molecule has 11 heteroatoms. The molecular formula is C28H33ClN6O3S. The summed E-state index contributed by atoms with van der Waals surface area (Å²) in [5, 5.41) is 11.3. The van der Waals surface area contributed by atoms with Crippen molar-refractivity contribution in [1.29, 1.82) is 0 Å². The van der Waals surface area contributed by atoms with Gasteiger partial charge < -0.3 is 25.6 Å². The summed E-state index contributed by atoms with van der Waals surface area (Å²) in [6, 6.07) is 16.4. The zero-order valence-corrected chi connectivity index (χ0v) is 23.8. The maximum Gasteiger partial charge on any atom is 0.320 e. The van der Waals surface area contributed by atoms with Crippen molar-refractivity contribution in [2.45, 2.75) is 27.2 Å². The number of thiocarbonyl (C=S) groups is 1. The number of carbonyl (C=O) groups excluding carboxylic acids is 2. The Labute approximate surface area is 239 Å². The van der Waals surface area contributed by atoms with Crippen LogP contribution in [-0.2, 0) is 4.79 Å². The highest BCUT2D eigenvalue weighted by Crippen LogP contribution is 2.33. The lowest BCUT2D eigenvalue weighted by atomic mass is 10.3. The summed E-state index contributed by atoms with van der Waals surface area (Å²) in [5.41, 5.74) is 3.38. The van der Waals surface area contributed by atoms with E-state index < -0.39 is 0 Å². The Morgan fingerprint density at radius 1 is 1.00 bits per heavy atom. The maximum absolute atomic E-state index is 12.1. The number of aromatic nitrogens is 1. The highest BCUT2D eigenvalue weighted by atomic mass is 35.5. The molecule has 0 bridgehead atoms. The standard InChI is InChI=1S/C22H29ClN6O3S.C6H4/c1-4-29(5-2)12-6-10-25-21(31)28-20-14-17(9-11-24-20)32-16-7-8-19(18(23)13-16)27-22(33)26-15(3)30;1-2-5-4-6(5)3-1/h7-9,11,13-14H,4-6,10,12H2,1-3H3,(H2,24,25,28,31)(H2,26,27,30,33);1-4H. The predicted octanol–water partition coefficient (Wildman–Crippen LogP) is 5.88. The molecule has 4 N–H and O–H groups in total. The highest BCUT2D eigenvalue weighted by Gasteiger charge is 2.09.